The zero-order valence-electron chi connectivity index (χ0n) is 31.1. The molecular weight excluding hydrogens is 648 g/mol. The molecule has 2 aliphatic heterocycles. The summed E-state index contributed by atoms with van der Waals surface area (Å²) in [6, 6.07) is 14.8. The Morgan fingerprint density at radius 3 is 1.86 bits per heavy atom. The predicted octanol–water partition coefficient (Wildman–Crippen LogP) is 7.06. The van der Waals surface area contributed by atoms with Crippen molar-refractivity contribution in [3.8, 4) is 62.9 Å². The van der Waals surface area contributed by atoms with Crippen molar-refractivity contribution in [3.63, 3.8) is 0 Å². The van der Waals surface area contributed by atoms with Gasteiger partial charge in [0.2, 0.25) is 5.75 Å². The smallest absolute Gasteiger partial charge is 0.204 e. The van der Waals surface area contributed by atoms with Gasteiger partial charge >= 0.3 is 0 Å². The second-order valence-electron chi connectivity index (χ2n) is 13.4. The highest BCUT2D eigenvalue weighted by Crippen LogP contribution is 2.55. The van der Waals surface area contributed by atoms with E-state index in [-0.39, 0.29) is 12.1 Å². The van der Waals surface area contributed by atoms with Crippen molar-refractivity contribution in [3.05, 3.63) is 75.8 Å². The standard InChI is InChI=1S/C41H48N2O8/c1-42-14-12-23-18-32(45-4)33(46-5)21-27(23)29(42)16-25-10-11-31(44-3)41(50-9)39(25)51-35-20-26-17-30-37-24(13-15-43(30)2)19-36(48-7)40(49-8)38(37)28(26)22-34(35)47-6/h10-11,18-22,29-30H,12-17H2,1-9H3/t29-,30-/m1/s1. The Morgan fingerprint density at radius 2 is 1.18 bits per heavy atom. The largest absolute Gasteiger partial charge is 0.493 e. The zero-order valence-corrected chi connectivity index (χ0v) is 31.1. The number of hydrogen-bond donors (Lipinski definition) is 0. The van der Waals surface area contributed by atoms with E-state index in [4.69, 9.17) is 37.9 Å². The molecule has 0 bridgehead atoms. The van der Waals surface area contributed by atoms with Crippen LogP contribution in [0.15, 0.2) is 42.5 Å². The van der Waals surface area contributed by atoms with Gasteiger partial charge < -0.3 is 37.9 Å². The highest BCUT2D eigenvalue weighted by molar-refractivity contribution is 5.85. The van der Waals surface area contributed by atoms with Crippen LogP contribution in [-0.2, 0) is 25.7 Å². The minimum absolute atomic E-state index is 0.0504. The van der Waals surface area contributed by atoms with Crippen molar-refractivity contribution in [2.75, 3.05) is 77.0 Å². The molecule has 2 atom stereocenters. The quantitative estimate of drug-likeness (QED) is 0.163. The molecule has 4 aromatic rings. The van der Waals surface area contributed by atoms with Crippen LogP contribution in [0.3, 0.4) is 0 Å². The van der Waals surface area contributed by atoms with E-state index in [2.05, 4.69) is 60.3 Å². The van der Waals surface area contributed by atoms with E-state index in [9.17, 15) is 0 Å². The van der Waals surface area contributed by atoms with E-state index in [1.165, 1.54) is 22.3 Å². The van der Waals surface area contributed by atoms with Crippen LogP contribution in [0.5, 0.6) is 51.7 Å². The lowest BCUT2D eigenvalue weighted by molar-refractivity contribution is 0.225. The summed E-state index contributed by atoms with van der Waals surface area (Å²) >= 11 is 0. The van der Waals surface area contributed by atoms with Crippen molar-refractivity contribution in [1.82, 2.24) is 9.80 Å². The Kier molecular flexibility index (Phi) is 9.56. The van der Waals surface area contributed by atoms with Crippen LogP contribution in [0.1, 0.15) is 45.5 Å². The fraction of sp³-hybridized carbons (Fsp3) is 0.415. The van der Waals surface area contributed by atoms with E-state index < -0.39 is 0 Å². The fourth-order valence-electron chi connectivity index (χ4n) is 8.25. The number of benzene rings is 4. The average molecular weight is 697 g/mol. The normalized spacial score (nSPS) is 17.8. The average Bonchev–Trinajstić information content (AvgIpc) is 3.16. The molecule has 0 radical (unpaired) electrons. The molecule has 0 unspecified atom stereocenters. The molecule has 2 heterocycles. The van der Waals surface area contributed by atoms with Gasteiger partial charge in [0.25, 0.3) is 0 Å². The van der Waals surface area contributed by atoms with Crippen LogP contribution < -0.4 is 37.9 Å². The summed E-state index contributed by atoms with van der Waals surface area (Å²) in [7, 11) is 16.1. The summed E-state index contributed by atoms with van der Waals surface area (Å²) < 4.78 is 48.1. The molecule has 0 fully saturated rings. The van der Waals surface area contributed by atoms with Crippen molar-refractivity contribution in [2.45, 2.75) is 37.8 Å². The van der Waals surface area contributed by atoms with Gasteiger partial charge in [0, 0.05) is 36.3 Å². The molecule has 4 aromatic carbocycles. The van der Waals surface area contributed by atoms with Crippen LogP contribution >= 0.6 is 0 Å². The monoisotopic (exact) mass is 696 g/mol. The molecule has 10 nitrogen and oxygen atoms in total. The van der Waals surface area contributed by atoms with E-state index in [0.29, 0.717) is 40.9 Å². The Balaban J connectivity index is 1.35. The Labute approximate surface area is 300 Å². The third-order valence-electron chi connectivity index (χ3n) is 10.9. The number of likely N-dealkylation sites (N-methyl/N-ethyl adjacent to an activating group) is 2. The van der Waals surface area contributed by atoms with Gasteiger partial charge in [0.1, 0.15) is 0 Å². The van der Waals surface area contributed by atoms with Crippen molar-refractivity contribution >= 4 is 0 Å². The van der Waals surface area contributed by atoms with Crippen LogP contribution in [0, 0.1) is 0 Å². The number of rotatable bonds is 11. The molecule has 0 saturated carbocycles. The van der Waals surface area contributed by atoms with Crippen molar-refractivity contribution in [2.24, 2.45) is 0 Å². The molecule has 0 amide bonds. The summed E-state index contributed by atoms with van der Waals surface area (Å²) in [5, 5.41) is 0. The van der Waals surface area contributed by atoms with Crippen LogP contribution in [-0.4, -0.2) is 86.8 Å². The molecule has 3 aliphatic rings. The summed E-state index contributed by atoms with van der Waals surface area (Å²) in [6.07, 6.45) is 3.34. The second kappa shape index (κ2) is 14.1. The van der Waals surface area contributed by atoms with Gasteiger partial charge in [0.05, 0.1) is 49.8 Å². The van der Waals surface area contributed by atoms with Crippen LogP contribution in [0.4, 0.5) is 0 Å². The maximum atomic E-state index is 6.97. The lowest BCUT2D eigenvalue weighted by atomic mass is 9.76. The molecule has 10 heteroatoms. The Hall–Kier alpha value is -4.80. The lowest BCUT2D eigenvalue weighted by Crippen LogP contribution is -2.35. The summed E-state index contributed by atoms with van der Waals surface area (Å²) in [5.41, 5.74) is 9.27. The van der Waals surface area contributed by atoms with Crippen LogP contribution in [0.25, 0.3) is 11.1 Å². The number of methoxy groups -OCH3 is 7. The van der Waals surface area contributed by atoms with Crippen molar-refractivity contribution in [1.29, 1.82) is 0 Å². The molecule has 0 N–H and O–H groups in total. The minimum atomic E-state index is 0.0504. The predicted molar refractivity (Wildman–Crippen MR) is 196 cm³/mol. The first-order valence-electron chi connectivity index (χ1n) is 17.3. The third-order valence-corrected chi connectivity index (χ3v) is 10.9. The maximum Gasteiger partial charge on any atom is 0.204 e. The number of hydrogen-bond acceptors (Lipinski definition) is 10. The molecule has 0 aromatic heterocycles. The third kappa shape index (κ3) is 5.84. The molecular formula is C41H48N2O8. The first-order valence-corrected chi connectivity index (χ1v) is 17.3. The first-order chi connectivity index (χ1) is 24.8. The molecule has 51 heavy (non-hydrogen) atoms. The van der Waals surface area contributed by atoms with Gasteiger partial charge in [-0.2, -0.15) is 0 Å². The first kappa shape index (κ1) is 34.6. The minimum Gasteiger partial charge on any atom is -0.493 e. The van der Waals surface area contributed by atoms with Gasteiger partial charge in [-0.15, -0.1) is 0 Å². The fourth-order valence-corrected chi connectivity index (χ4v) is 8.25. The van der Waals surface area contributed by atoms with Crippen molar-refractivity contribution < 1.29 is 37.9 Å². The highest BCUT2D eigenvalue weighted by atomic mass is 16.5. The molecule has 1 aliphatic carbocycles. The topological polar surface area (TPSA) is 80.3 Å². The van der Waals surface area contributed by atoms with Gasteiger partial charge in [-0.05, 0) is 110 Å². The highest BCUT2D eigenvalue weighted by Gasteiger charge is 2.37. The van der Waals surface area contributed by atoms with Gasteiger partial charge in [-0.3, -0.25) is 9.80 Å². The van der Waals surface area contributed by atoms with E-state index in [1.54, 1.807) is 49.8 Å². The van der Waals surface area contributed by atoms with Gasteiger partial charge in [-0.25, -0.2) is 0 Å². The molecule has 0 spiro atoms. The van der Waals surface area contributed by atoms with Crippen LogP contribution in [0.2, 0.25) is 0 Å². The number of ether oxygens (including phenoxy) is 8. The van der Waals surface area contributed by atoms with Gasteiger partial charge in [-0.1, -0.05) is 6.07 Å². The number of nitrogens with zero attached hydrogens (tertiary/aromatic N) is 2. The summed E-state index contributed by atoms with van der Waals surface area (Å²) in [5.74, 6) is 5.81. The SMILES string of the molecule is COc1cc2c(cc1OC)[C@@H](Cc1ccc(OC)c(OC)c1Oc1cc3c(cc1OC)-c1c(OC)c(OC)cc4c1[C@@H](C3)N(C)CC4)N(C)CC2. The van der Waals surface area contributed by atoms with E-state index in [0.717, 1.165) is 71.9 Å². The summed E-state index contributed by atoms with van der Waals surface area (Å²) in [4.78, 5) is 4.81. The van der Waals surface area contributed by atoms with Gasteiger partial charge in [0.15, 0.2) is 46.0 Å². The molecule has 7 rings (SSSR count). The molecule has 0 saturated heterocycles. The van der Waals surface area contributed by atoms with E-state index in [1.807, 2.05) is 6.07 Å². The summed E-state index contributed by atoms with van der Waals surface area (Å²) in [6.45, 7) is 1.87. The number of fused-ring (bicyclic) bond motifs is 3. The molecule has 270 valence electrons. The second-order valence-corrected chi connectivity index (χ2v) is 13.4. The van der Waals surface area contributed by atoms with E-state index >= 15 is 0 Å². The Bertz CT molecular complexity index is 1960. The Morgan fingerprint density at radius 1 is 0.569 bits per heavy atom. The lowest BCUT2D eigenvalue weighted by Gasteiger charge is -2.40. The maximum absolute atomic E-state index is 6.97. The zero-order chi connectivity index (χ0) is 36.0.